The standard InChI is InChI=1S/C9H17N3O3S.ClH/c1-6-8(7(2)15-11-6)16(13,14)12-9(3,4)5-10;/h12H,5,10H2,1-4H3;1H. The van der Waals surface area contributed by atoms with Crippen LogP contribution in [0.2, 0.25) is 0 Å². The highest BCUT2D eigenvalue weighted by Crippen LogP contribution is 2.20. The Labute approximate surface area is 107 Å². The minimum absolute atomic E-state index is 0. The number of hydrogen-bond acceptors (Lipinski definition) is 5. The van der Waals surface area contributed by atoms with Crippen LogP contribution in [-0.2, 0) is 10.0 Å². The normalized spacial score (nSPS) is 12.3. The molecule has 0 aliphatic heterocycles. The van der Waals surface area contributed by atoms with Gasteiger partial charge in [0.25, 0.3) is 0 Å². The van der Waals surface area contributed by atoms with Gasteiger partial charge in [-0.2, -0.15) is 0 Å². The quantitative estimate of drug-likeness (QED) is 0.849. The van der Waals surface area contributed by atoms with Crippen LogP contribution < -0.4 is 10.5 Å². The maximum Gasteiger partial charge on any atom is 0.246 e. The monoisotopic (exact) mass is 283 g/mol. The average Bonchev–Trinajstić information content (AvgIpc) is 2.44. The molecule has 3 N–H and O–H groups in total. The van der Waals surface area contributed by atoms with Crippen LogP contribution in [-0.4, -0.2) is 25.7 Å². The number of nitrogens with two attached hydrogens (primary N) is 1. The van der Waals surface area contributed by atoms with Gasteiger partial charge in [-0.1, -0.05) is 5.16 Å². The van der Waals surface area contributed by atoms with Gasteiger partial charge in [0.05, 0.1) is 0 Å². The van der Waals surface area contributed by atoms with Gasteiger partial charge in [0, 0.05) is 12.1 Å². The third kappa shape index (κ3) is 3.67. The molecule has 0 saturated carbocycles. The van der Waals surface area contributed by atoms with E-state index in [2.05, 4.69) is 9.88 Å². The molecule has 1 rings (SSSR count). The van der Waals surface area contributed by atoms with Crippen LogP contribution in [0.4, 0.5) is 0 Å². The number of halogens is 1. The second-order valence-corrected chi connectivity index (χ2v) is 5.97. The first-order valence-electron chi connectivity index (χ1n) is 4.86. The molecule has 8 heteroatoms. The van der Waals surface area contributed by atoms with Crippen LogP contribution in [0.3, 0.4) is 0 Å². The third-order valence-electron chi connectivity index (χ3n) is 2.16. The molecule has 0 aliphatic carbocycles. The van der Waals surface area contributed by atoms with Gasteiger partial charge in [-0.15, -0.1) is 12.4 Å². The lowest BCUT2D eigenvalue weighted by atomic mass is 10.1. The van der Waals surface area contributed by atoms with Crippen LogP contribution in [0.1, 0.15) is 25.3 Å². The van der Waals surface area contributed by atoms with Gasteiger partial charge in [-0.25, -0.2) is 13.1 Å². The summed E-state index contributed by atoms with van der Waals surface area (Å²) in [6, 6.07) is 0. The number of nitrogens with zero attached hydrogens (tertiary/aromatic N) is 1. The van der Waals surface area contributed by atoms with E-state index in [1.54, 1.807) is 27.7 Å². The van der Waals surface area contributed by atoms with Crippen molar-refractivity contribution in [3.05, 3.63) is 11.5 Å². The molecule has 1 heterocycles. The number of nitrogens with one attached hydrogen (secondary N) is 1. The topological polar surface area (TPSA) is 98.2 Å². The number of sulfonamides is 1. The fraction of sp³-hybridized carbons (Fsp3) is 0.667. The lowest BCUT2D eigenvalue weighted by Gasteiger charge is -2.23. The summed E-state index contributed by atoms with van der Waals surface area (Å²) in [6.07, 6.45) is 0. The first kappa shape index (κ1) is 16.4. The number of hydrogen-bond donors (Lipinski definition) is 2. The molecule has 100 valence electrons. The zero-order valence-electron chi connectivity index (χ0n) is 10.3. The van der Waals surface area contributed by atoms with E-state index in [4.69, 9.17) is 10.3 Å². The highest BCUT2D eigenvalue weighted by molar-refractivity contribution is 7.89. The molecule has 1 aromatic heterocycles. The summed E-state index contributed by atoms with van der Waals surface area (Å²) in [5.74, 6) is 0.276. The highest BCUT2D eigenvalue weighted by atomic mass is 35.5. The zero-order chi connectivity index (χ0) is 12.6. The summed E-state index contributed by atoms with van der Waals surface area (Å²) in [5, 5.41) is 3.61. The van der Waals surface area contributed by atoms with Gasteiger partial charge in [-0.05, 0) is 27.7 Å². The molecular formula is C9H18ClN3O3S. The summed E-state index contributed by atoms with van der Waals surface area (Å²) in [4.78, 5) is 0.0917. The van der Waals surface area contributed by atoms with Crippen molar-refractivity contribution in [3.63, 3.8) is 0 Å². The van der Waals surface area contributed by atoms with E-state index in [0.29, 0.717) is 5.69 Å². The minimum atomic E-state index is -3.63. The molecule has 0 aromatic carbocycles. The molecule has 0 atom stereocenters. The highest BCUT2D eigenvalue weighted by Gasteiger charge is 2.29. The molecule has 0 saturated heterocycles. The van der Waals surface area contributed by atoms with E-state index in [1.807, 2.05) is 0 Å². The molecular weight excluding hydrogens is 266 g/mol. The van der Waals surface area contributed by atoms with Crippen molar-refractivity contribution in [2.24, 2.45) is 5.73 Å². The van der Waals surface area contributed by atoms with Gasteiger partial charge >= 0.3 is 0 Å². The Morgan fingerprint density at radius 3 is 2.29 bits per heavy atom. The summed E-state index contributed by atoms with van der Waals surface area (Å²) < 4.78 is 31.4. The smallest absolute Gasteiger partial charge is 0.246 e. The Morgan fingerprint density at radius 1 is 1.41 bits per heavy atom. The fourth-order valence-electron chi connectivity index (χ4n) is 1.31. The minimum Gasteiger partial charge on any atom is -0.360 e. The SMILES string of the molecule is Cc1noc(C)c1S(=O)(=O)NC(C)(C)CN.Cl. The lowest BCUT2D eigenvalue weighted by Crippen LogP contribution is -2.48. The van der Waals surface area contributed by atoms with Crippen molar-refractivity contribution in [1.29, 1.82) is 0 Å². The van der Waals surface area contributed by atoms with Gasteiger partial charge in [0.2, 0.25) is 10.0 Å². The van der Waals surface area contributed by atoms with E-state index < -0.39 is 15.6 Å². The predicted molar refractivity (Wildman–Crippen MR) is 66.7 cm³/mol. The van der Waals surface area contributed by atoms with Crippen molar-refractivity contribution in [1.82, 2.24) is 9.88 Å². The molecule has 1 aromatic rings. The predicted octanol–water partition coefficient (Wildman–Crippen LogP) is 0.729. The molecule has 0 unspecified atom stereocenters. The van der Waals surface area contributed by atoms with Crippen molar-refractivity contribution < 1.29 is 12.9 Å². The Balaban J connectivity index is 0.00000256. The summed E-state index contributed by atoms with van der Waals surface area (Å²) in [7, 11) is -3.63. The second kappa shape index (κ2) is 5.34. The first-order valence-corrected chi connectivity index (χ1v) is 6.35. The van der Waals surface area contributed by atoms with Gasteiger partial charge < -0.3 is 10.3 Å². The molecule has 0 radical (unpaired) electrons. The Kier molecular flexibility index (Phi) is 5.15. The molecule has 0 spiro atoms. The van der Waals surface area contributed by atoms with E-state index in [0.717, 1.165) is 0 Å². The van der Waals surface area contributed by atoms with Crippen LogP contribution in [0.25, 0.3) is 0 Å². The summed E-state index contributed by atoms with van der Waals surface area (Å²) in [5.41, 5.74) is 5.12. The van der Waals surface area contributed by atoms with Gasteiger partial charge in [0.15, 0.2) is 5.76 Å². The third-order valence-corrected chi connectivity index (χ3v) is 4.10. The Bertz CT molecular complexity index is 462. The van der Waals surface area contributed by atoms with E-state index >= 15 is 0 Å². The van der Waals surface area contributed by atoms with E-state index in [-0.39, 0.29) is 29.6 Å². The van der Waals surface area contributed by atoms with E-state index in [9.17, 15) is 8.42 Å². The second-order valence-electron chi connectivity index (χ2n) is 4.35. The number of aryl methyl sites for hydroxylation is 2. The molecule has 17 heavy (non-hydrogen) atoms. The van der Waals surface area contributed by atoms with Crippen LogP contribution in [0, 0.1) is 13.8 Å². The average molecular weight is 284 g/mol. The Morgan fingerprint density at radius 2 is 1.94 bits per heavy atom. The molecule has 0 fully saturated rings. The van der Waals surface area contributed by atoms with E-state index in [1.165, 1.54) is 0 Å². The van der Waals surface area contributed by atoms with Crippen molar-refractivity contribution in [2.45, 2.75) is 38.1 Å². The molecule has 6 nitrogen and oxygen atoms in total. The first-order chi connectivity index (χ1) is 7.19. The zero-order valence-corrected chi connectivity index (χ0v) is 11.9. The molecule has 0 bridgehead atoms. The molecule has 0 aliphatic rings. The van der Waals surface area contributed by atoms with Crippen molar-refractivity contribution in [2.75, 3.05) is 6.54 Å². The molecule has 0 amide bonds. The fourth-order valence-corrected chi connectivity index (χ4v) is 3.07. The van der Waals surface area contributed by atoms with Crippen LogP contribution in [0.5, 0.6) is 0 Å². The Hall–Kier alpha value is -0.630. The van der Waals surface area contributed by atoms with Crippen molar-refractivity contribution >= 4 is 22.4 Å². The van der Waals surface area contributed by atoms with Crippen molar-refractivity contribution in [3.8, 4) is 0 Å². The maximum atomic E-state index is 12.0. The summed E-state index contributed by atoms with van der Waals surface area (Å²) in [6.45, 7) is 6.77. The van der Waals surface area contributed by atoms with Crippen LogP contribution >= 0.6 is 12.4 Å². The largest absolute Gasteiger partial charge is 0.360 e. The maximum absolute atomic E-state index is 12.0. The van der Waals surface area contributed by atoms with Crippen LogP contribution in [0.15, 0.2) is 9.42 Å². The van der Waals surface area contributed by atoms with Gasteiger partial charge in [-0.3, -0.25) is 0 Å². The number of aromatic nitrogens is 1. The van der Waals surface area contributed by atoms with Gasteiger partial charge in [0.1, 0.15) is 10.6 Å². The summed E-state index contributed by atoms with van der Waals surface area (Å²) >= 11 is 0. The number of rotatable bonds is 4. The lowest BCUT2D eigenvalue weighted by molar-refractivity contribution is 0.390.